The SMILES string of the molecule is CC(C)(CNC(=O)C1CCCC1N)C(=O)O. The number of amides is 1. The van der Waals surface area contributed by atoms with Gasteiger partial charge in [-0.05, 0) is 26.7 Å². The van der Waals surface area contributed by atoms with Crippen LogP contribution in [0.2, 0.25) is 0 Å². The number of nitrogens with two attached hydrogens (primary N) is 1. The van der Waals surface area contributed by atoms with Gasteiger partial charge in [0, 0.05) is 12.6 Å². The van der Waals surface area contributed by atoms with Gasteiger partial charge in [-0.3, -0.25) is 9.59 Å². The van der Waals surface area contributed by atoms with Crippen molar-refractivity contribution in [3.63, 3.8) is 0 Å². The molecule has 0 aromatic carbocycles. The molecule has 2 unspecified atom stereocenters. The second kappa shape index (κ2) is 4.82. The smallest absolute Gasteiger partial charge is 0.310 e. The van der Waals surface area contributed by atoms with Gasteiger partial charge < -0.3 is 16.2 Å². The topological polar surface area (TPSA) is 92.4 Å². The minimum absolute atomic E-state index is 0.0760. The molecule has 5 nitrogen and oxygen atoms in total. The largest absolute Gasteiger partial charge is 0.481 e. The summed E-state index contributed by atoms with van der Waals surface area (Å²) >= 11 is 0. The highest BCUT2D eigenvalue weighted by Crippen LogP contribution is 2.24. The van der Waals surface area contributed by atoms with Crippen LogP contribution in [0.25, 0.3) is 0 Å². The quantitative estimate of drug-likeness (QED) is 0.647. The van der Waals surface area contributed by atoms with Crippen molar-refractivity contribution in [3.05, 3.63) is 0 Å². The van der Waals surface area contributed by atoms with E-state index in [1.807, 2.05) is 0 Å². The highest BCUT2D eigenvalue weighted by Gasteiger charge is 2.33. The summed E-state index contributed by atoms with van der Waals surface area (Å²) in [4.78, 5) is 22.6. The summed E-state index contributed by atoms with van der Waals surface area (Å²) in [5.41, 5.74) is 4.87. The zero-order valence-corrected chi connectivity index (χ0v) is 9.82. The lowest BCUT2D eigenvalue weighted by atomic mass is 9.93. The summed E-state index contributed by atoms with van der Waals surface area (Å²) in [5, 5.41) is 11.6. The normalized spacial score (nSPS) is 25.4. The maximum atomic E-state index is 11.7. The fourth-order valence-corrected chi connectivity index (χ4v) is 1.83. The molecule has 0 aromatic heterocycles. The molecule has 16 heavy (non-hydrogen) atoms. The Labute approximate surface area is 95.4 Å². The van der Waals surface area contributed by atoms with Crippen molar-refractivity contribution in [2.75, 3.05) is 6.54 Å². The molecule has 1 saturated carbocycles. The predicted molar refractivity (Wildman–Crippen MR) is 59.7 cm³/mol. The van der Waals surface area contributed by atoms with Crippen LogP contribution in [0.15, 0.2) is 0 Å². The molecule has 5 heteroatoms. The molecule has 0 saturated heterocycles. The molecule has 1 fully saturated rings. The number of carbonyl (C=O) groups is 2. The van der Waals surface area contributed by atoms with Crippen LogP contribution in [0.4, 0.5) is 0 Å². The van der Waals surface area contributed by atoms with Crippen molar-refractivity contribution in [2.24, 2.45) is 17.1 Å². The lowest BCUT2D eigenvalue weighted by molar-refractivity contribution is -0.146. The van der Waals surface area contributed by atoms with Crippen LogP contribution in [-0.2, 0) is 9.59 Å². The molecule has 1 aliphatic carbocycles. The second-order valence-corrected chi connectivity index (χ2v) is 5.11. The Kier molecular flexibility index (Phi) is 3.91. The highest BCUT2D eigenvalue weighted by atomic mass is 16.4. The fourth-order valence-electron chi connectivity index (χ4n) is 1.83. The third kappa shape index (κ3) is 2.95. The molecule has 0 aliphatic heterocycles. The van der Waals surface area contributed by atoms with E-state index in [9.17, 15) is 9.59 Å². The summed E-state index contributed by atoms with van der Waals surface area (Å²) in [6.07, 6.45) is 2.66. The van der Waals surface area contributed by atoms with Gasteiger partial charge in [0.1, 0.15) is 0 Å². The van der Waals surface area contributed by atoms with Crippen molar-refractivity contribution < 1.29 is 14.7 Å². The maximum absolute atomic E-state index is 11.7. The zero-order chi connectivity index (χ0) is 12.3. The van der Waals surface area contributed by atoms with Gasteiger partial charge in [0.05, 0.1) is 11.3 Å². The van der Waals surface area contributed by atoms with Gasteiger partial charge in [0.15, 0.2) is 0 Å². The van der Waals surface area contributed by atoms with E-state index in [1.54, 1.807) is 13.8 Å². The predicted octanol–water partition coefficient (Wildman–Crippen LogP) is 0.341. The number of hydrogen-bond acceptors (Lipinski definition) is 3. The molecule has 0 aromatic rings. The number of nitrogens with one attached hydrogen (secondary N) is 1. The molecule has 1 rings (SSSR count). The Morgan fingerprint density at radius 2 is 2.06 bits per heavy atom. The van der Waals surface area contributed by atoms with Crippen molar-refractivity contribution in [2.45, 2.75) is 39.2 Å². The van der Waals surface area contributed by atoms with Gasteiger partial charge >= 0.3 is 5.97 Å². The molecule has 1 aliphatic rings. The molecule has 2 atom stereocenters. The van der Waals surface area contributed by atoms with Gasteiger partial charge in [-0.1, -0.05) is 6.42 Å². The van der Waals surface area contributed by atoms with Gasteiger partial charge in [0.25, 0.3) is 0 Å². The standard InChI is InChI=1S/C11H20N2O3/c1-11(2,10(15)16)6-13-9(14)7-4-3-5-8(7)12/h7-8H,3-6,12H2,1-2H3,(H,13,14)(H,15,16). The van der Waals surface area contributed by atoms with Crippen LogP contribution in [0.3, 0.4) is 0 Å². The van der Waals surface area contributed by atoms with Crippen molar-refractivity contribution in [3.8, 4) is 0 Å². The lowest BCUT2D eigenvalue weighted by Crippen LogP contribution is -2.44. The zero-order valence-electron chi connectivity index (χ0n) is 9.82. The minimum Gasteiger partial charge on any atom is -0.481 e. The van der Waals surface area contributed by atoms with Gasteiger partial charge in [-0.15, -0.1) is 0 Å². The van der Waals surface area contributed by atoms with Crippen LogP contribution in [-0.4, -0.2) is 29.6 Å². The maximum Gasteiger partial charge on any atom is 0.310 e. The summed E-state index contributed by atoms with van der Waals surface area (Å²) < 4.78 is 0. The average Bonchev–Trinajstić information content (AvgIpc) is 2.61. The van der Waals surface area contributed by atoms with E-state index in [-0.39, 0.29) is 24.4 Å². The monoisotopic (exact) mass is 228 g/mol. The van der Waals surface area contributed by atoms with Crippen LogP contribution in [0.5, 0.6) is 0 Å². The molecule has 0 bridgehead atoms. The Morgan fingerprint density at radius 3 is 2.50 bits per heavy atom. The first kappa shape index (κ1) is 13.0. The van der Waals surface area contributed by atoms with Crippen LogP contribution < -0.4 is 11.1 Å². The number of hydrogen-bond donors (Lipinski definition) is 3. The van der Waals surface area contributed by atoms with E-state index in [1.165, 1.54) is 0 Å². The van der Waals surface area contributed by atoms with E-state index >= 15 is 0 Å². The third-order valence-corrected chi connectivity index (χ3v) is 3.19. The van der Waals surface area contributed by atoms with E-state index in [2.05, 4.69) is 5.32 Å². The molecule has 0 heterocycles. The van der Waals surface area contributed by atoms with Gasteiger partial charge in [-0.2, -0.15) is 0 Å². The first-order valence-electron chi connectivity index (χ1n) is 5.61. The fraction of sp³-hybridized carbons (Fsp3) is 0.818. The molecule has 92 valence electrons. The van der Waals surface area contributed by atoms with Crippen LogP contribution >= 0.6 is 0 Å². The first-order chi connectivity index (χ1) is 7.34. The summed E-state index contributed by atoms with van der Waals surface area (Å²) in [6.45, 7) is 3.32. The van der Waals surface area contributed by atoms with E-state index < -0.39 is 11.4 Å². The molecule has 0 spiro atoms. The number of carboxylic acids is 1. The number of carboxylic acid groups (broad SMARTS) is 1. The van der Waals surface area contributed by atoms with Crippen LogP contribution in [0.1, 0.15) is 33.1 Å². The molecule has 4 N–H and O–H groups in total. The minimum atomic E-state index is -0.932. The molecular formula is C11H20N2O3. The van der Waals surface area contributed by atoms with E-state index in [0.29, 0.717) is 0 Å². The molecule has 0 radical (unpaired) electrons. The van der Waals surface area contributed by atoms with E-state index in [4.69, 9.17) is 10.8 Å². The average molecular weight is 228 g/mol. The van der Waals surface area contributed by atoms with Crippen molar-refractivity contribution in [1.29, 1.82) is 0 Å². The van der Waals surface area contributed by atoms with Gasteiger partial charge in [-0.25, -0.2) is 0 Å². The third-order valence-electron chi connectivity index (χ3n) is 3.19. The Hall–Kier alpha value is -1.10. The first-order valence-corrected chi connectivity index (χ1v) is 5.61. The number of rotatable bonds is 4. The lowest BCUT2D eigenvalue weighted by Gasteiger charge is -2.22. The molecule has 1 amide bonds. The van der Waals surface area contributed by atoms with Crippen molar-refractivity contribution >= 4 is 11.9 Å². The van der Waals surface area contributed by atoms with Gasteiger partial charge in [0.2, 0.25) is 5.91 Å². The molecular weight excluding hydrogens is 208 g/mol. The number of carbonyl (C=O) groups excluding carboxylic acids is 1. The Bertz CT molecular complexity index is 289. The Morgan fingerprint density at radius 1 is 1.44 bits per heavy atom. The Balaban J connectivity index is 2.44. The summed E-state index contributed by atoms with van der Waals surface area (Å²) in [7, 11) is 0. The second-order valence-electron chi connectivity index (χ2n) is 5.11. The van der Waals surface area contributed by atoms with E-state index in [0.717, 1.165) is 19.3 Å². The summed E-state index contributed by atoms with van der Waals surface area (Å²) in [5.74, 6) is -1.17. The highest BCUT2D eigenvalue weighted by molar-refractivity contribution is 5.81. The van der Waals surface area contributed by atoms with Crippen LogP contribution in [0, 0.1) is 11.3 Å². The summed E-state index contributed by atoms with van der Waals surface area (Å²) in [6, 6.07) is -0.0760. The number of aliphatic carboxylic acids is 1. The van der Waals surface area contributed by atoms with Crippen molar-refractivity contribution in [1.82, 2.24) is 5.32 Å².